The Labute approximate surface area is 98.5 Å². The third-order valence-corrected chi connectivity index (χ3v) is 3.41. The van der Waals surface area contributed by atoms with E-state index in [0.29, 0.717) is 13.0 Å². The van der Waals surface area contributed by atoms with Crippen LogP contribution in [0.2, 0.25) is 0 Å². The van der Waals surface area contributed by atoms with Gasteiger partial charge in [0.25, 0.3) is 0 Å². The minimum Gasteiger partial charge on any atom is -0.385 e. The van der Waals surface area contributed by atoms with Gasteiger partial charge in [-0.2, -0.15) is 0 Å². The minimum atomic E-state index is -0.772. The molecular weight excluding hydrogens is 198 g/mol. The molecule has 0 bridgehead atoms. The van der Waals surface area contributed by atoms with E-state index in [0.717, 1.165) is 18.4 Å². The Morgan fingerprint density at radius 1 is 1.25 bits per heavy atom. The van der Waals surface area contributed by atoms with Gasteiger partial charge in [-0.1, -0.05) is 50.6 Å². The summed E-state index contributed by atoms with van der Waals surface area (Å²) in [7, 11) is 0. The van der Waals surface area contributed by atoms with Crippen LogP contribution in [-0.4, -0.2) is 11.7 Å². The maximum atomic E-state index is 10.8. The van der Waals surface area contributed by atoms with E-state index in [1.54, 1.807) is 0 Å². The summed E-state index contributed by atoms with van der Waals surface area (Å²) in [5.74, 6) is 0.143. The van der Waals surface area contributed by atoms with Crippen molar-refractivity contribution < 1.29 is 5.11 Å². The van der Waals surface area contributed by atoms with Gasteiger partial charge in [-0.05, 0) is 24.9 Å². The van der Waals surface area contributed by atoms with Gasteiger partial charge in [-0.3, -0.25) is 0 Å². The van der Waals surface area contributed by atoms with Crippen molar-refractivity contribution in [2.75, 3.05) is 6.54 Å². The van der Waals surface area contributed by atoms with Gasteiger partial charge in [-0.15, -0.1) is 0 Å². The molecule has 0 spiro atoms. The van der Waals surface area contributed by atoms with Gasteiger partial charge in [0.15, 0.2) is 0 Å². The molecule has 0 amide bonds. The first-order valence-corrected chi connectivity index (χ1v) is 6.17. The van der Waals surface area contributed by atoms with Crippen molar-refractivity contribution in [1.82, 2.24) is 0 Å². The van der Waals surface area contributed by atoms with Crippen LogP contribution in [0.5, 0.6) is 0 Å². The summed E-state index contributed by atoms with van der Waals surface area (Å²) in [6, 6.07) is 9.88. The summed E-state index contributed by atoms with van der Waals surface area (Å²) >= 11 is 0. The second-order valence-electron chi connectivity index (χ2n) is 4.37. The molecule has 0 aliphatic heterocycles. The Kier molecular flexibility index (Phi) is 4.97. The summed E-state index contributed by atoms with van der Waals surface area (Å²) in [4.78, 5) is 0. The number of nitrogens with two attached hydrogens (primary N) is 1. The van der Waals surface area contributed by atoms with E-state index < -0.39 is 5.60 Å². The summed E-state index contributed by atoms with van der Waals surface area (Å²) in [6.07, 6.45) is 2.73. The molecule has 0 saturated heterocycles. The predicted molar refractivity (Wildman–Crippen MR) is 68.1 cm³/mol. The first-order valence-electron chi connectivity index (χ1n) is 6.17. The molecule has 0 aliphatic rings. The highest BCUT2D eigenvalue weighted by atomic mass is 16.3. The molecule has 0 fully saturated rings. The molecular formula is C14H23NO. The number of aliphatic hydroxyl groups is 1. The normalized spacial score (nSPS) is 16.8. The summed E-state index contributed by atoms with van der Waals surface area (Å²) in [5, 5.41) is 10.8. The van der Waals surface area contributed by atoms with Crippen molar-refractivity contribution in [2.24, 2.45) is 11.7 Å². The Balaban J connectivity index is 3.00. The molecule has 0 saturated carbocycles. The lowest BCUT2D eigenvalue weighted by atomic mass is 9.77. The van der Waals surface area contributed by atoms with Gasteiger partial charge in [0.2, 0.25) is 0 Å². The molecule has 1 aromatic carbocycles. The Morgan fingerprint density at radius 2 is 1.88 bits per heavy atom. The molecule has 90 valence electrons. The van der Waals surface area contributed by atoms with Gasteiger partial charge < -0.3 is 10.8 Å². The second kappa shape index (κ2) is 6.02. The molecule has 2 atom stereocenters. The lowest BCUT2D eigenvalue weighted by Gasteiger charge is -2.35. The number of hydrogen-bond donors (Lipinski definition) is 2. The van der Waals surface area contributed by atoms with E-state index in [9.17, 15) is 5.11 Å². The molecule has 3 N–H and O–H groups in total. The van der Waals surface area contributed by atoms with Crippen molar-refractivity contribution in [2.45, 2.75) is 38.7 Å². The van der Waals surface area contributed by atoms with Gasteiger partial charge in [0, 0.05) is 5.92 Å². The molecule has 1 aromatic rings. The van der Waals surface area contributed by atoms with Crippen LogP contribution in [0.4, 0.5) is 0 Å². The molecule has 2 nitrogen and oxygen atoms in total. The van der Waals surface area contributed by atoms with Crippen LogP contribution in [0.15, 0.2) is 30.3 Å². The largest absolute Gasteiger partial charge is 0.385 e. The third-order valence-electron chi connectivity index (χ3n) is 3.41. The van der Waals surface area contributed by atoms with Crippen LogP contribution in [0.1, 0.15) is 38.7 Å². The zero-order valence-corrected chi connectivity index (χ0v) is 10.3. The Morgan fingerprint density at radius 3 is 2.31 bits per heavy atom. The van der Waals surface area contributed by atoms with Crippen molar-refractivity contribution >= 4 is 0 Å². The average Bonchev–Trinajstić information content (AvgIpc) is 2.36. The number of rotatable bonds is 6. The maximum absolute atomic E-state index is 10.8. The van der Waals surface area contributed by atoms with Crippen LogP contribution in [0.25, 0.3) is 0 Å². The molecule has 0 radical (unpaired) electrons. The van der Waals surface area contributed by atoms with Crippen molar-refractivity contribution in [3.63, 3.8) is 0 Å². The van der Waals surface area contributed by atoms with Crippen LogP contribution >= 0.6 is 0 Å². The second-order valence-corrected chi connectivity index (χ2v) is 4.37. The van der Waals surface area contributed by atoms with Crippen molar-refractivity contribution in [1.29, 1.82) is 0 Å². The lowest BCUT2D eigenvalue weighted by molar-refractivity contribution is -0.0282. The van der Waals surface area contributed by atoms with E-state index >= 15 is 0 Å². The zero-order chi connectivity index (χ0) is 12.0. The highest BCUT2D eigenvalue weighted by Gasteiger charge is 2.34. The Bertz CT molecular complexity index is 299. The van der Waals surface area contributed by atoms with E-state index in [-0.39, 0.29) is 5.92 Å². The minimum absolute atomic E-state index is 0.143. The fraction of sp³-hybridized carbons (Fsp3) is 0.571. The van der Waals surface area contributed by atoms with Crippen LogP contribution in [0, 0.1) is 5.92 Å². The van der Waals surface area contributed by atoms with E-state index in [1.807, 2.05) is 37.3 Å². The van der Waals surface area contributed by atoms with Crippen LogP contribution in [-0.2, 0) is 5.60 Å². The van der Waals surface area contributed by atoms with Crippen molar-refractivity contribution in [3.05, 3.63) is 35.9 Å². The molecule has 0 heterocycles. The van der Waals surface area contributed by atoms with Gasteiger partial charge in [-0.25, -0.2) is 0 Å². The molecule has 2 unspecified atom stereocenters. The standard InChI is InChI=1S/C14H23NO/c1-3-8-13(11-15)14(16,4-2)12-9-6-5-7-10-12/h5-7,9-10,13,16H,3-4,8,11,15H2,1-2H3. The highest BCUT2D eigenvalue weighted by Crippen LogP contribution is 2.35. The molecule has 0 aliphatic carbocycles. The monoisotopic (exact) mass is 221 g/mol. The fourth-order valence-electron chi connectivity index (χ4n) is 2.36. The average molecular weight is 221 g/mol. The fourth-order valence-corrected chi connectivity index (χ4v) is 2.36. The SMILES string of the molecule is CCCC(CN)C(O)(CC)c1ccccc1. The lowest BCUT2D eigenvalue weighted by Crippen LogP contribution is -2.39. The molecule has 16 heavy (non-hydrogen) atoms. The molecule has 2 heteroatoms. The predicted octanol–water partition coefficient (Wildman–Crippen LogP) is 2.66. The van der Waals surface area contributed by atoms with Gasteiger partial charge >= 0.3 is 0 Å². The van der Waals surface area contributed by atoms with Crippen LogP contribution in [0.3, 0.4) is 0 Å². The maximum Gasteiger partial charge on any atom is 0.0933 e. The smallest absolute Gasteiger partial charge is 0.0933 e. The van der Waals surface area contributed by atoms with E-state index in [4.69, 9.17) is 5.73 Å². The first-order chi connectivity index (χ1) is 7.69. The Hall–Kier alpha value is -0.860. The first kappa shape index (κ1) is 13.2. The number of hydrogen-bond acceptors (Lipinski definition) is 2. The quantitative estimate of drug-likeness (QED) is 0.775. The topological polar surface area (TPSA) is 46.2 Å². The molecule has 1 rings (SSSR count). The van der Waals surface area contributed by atoms with Crippen molar-refractivity contribution in [3.8, 4) is 0 Å². The molecule has 0 aromatic heterocycles. The number of benzene rings is 1. The summed E-state index contributed by atoms with van der Waals surface area (Å²) < 4.78 is 0. The summed E-state index contributed by atoms with van der Waals surface area (Å²) in [5.41, 5.74) is 6.01. The van der Waals surface area contributed by atoms with Gasteiger partial charge in [0.1, 0.15) is 0 Å². The summed E-state index contributed by atoms with van der Waals surface area (Å²) in [6.45, 7) is 4.68. The van der Waals surface area contributed by atoms with E-state index in [1.165, 1.54) is 0 Å². The van der Waals surface area contributed by atoms with E-state index in [2.05, 4.69) is 6.92 Å². The van der Waals surface area contributed by atoms with Crippen LogP contribution < -0.4 is 5.73 Å². The van der Waals surface area contributed by atoms with Gasteiger partial charge in [0.05, 0.1) is 5.60 Å². The highest BCUT2D eigenvalue weighted by molar-refractivity contribution is 5.23. The third kappa shape index (κ3) is 2.63. The zero-order valence-electron chi connectivity index (χ0n) is 10.3.